The van der Waals surface area contributed by atoms with Gasteiger partial charge in [-0.15, -0.1) is 0 Å². The number of likely N-dealkylation sites (tertiary alicyclic amines) is 1. The van der Waals surface area contributed by atoms with Crippen LogP contribution in [0.5, 0.6) is 5.75 Å². The van der Waals surface area contributed by atoms with E-state index in [1.54, 1.807) is 12.1 Å². The fraction of sp³-hybridized carbons (Fsp3) is 0.562. The van der Waals surface area contributed by atoms with Gasteiger partial charge in [0.15, 0.2) is 5.84 Å². The Morgan fingerprint density at radius 3 is 2.81 bits per heavy atom. The van der Waals surface area contributed by atoms with Crippen LogP contribution in [0.2, 0.25) is 0 Å². The summed E-state index contributed by atoms with van der Waals surface area (Å²) in [6.45, 7) is 5.13. The van der Waals surface area contributed by atoms with Gasteiger partial charge < -0.3 is 15.7 Å². The van der Waals surface area contributed by atoms with Crippen molar-refractivity contribution < 1.29 is 9.94 Å². The fourth-order valence-electron chi connectivity index (χ4n) is 2.73. The van der Waals surface area contributed by atoms with E-state index >= 15 is 0 Å². The van der Waals surface area contributed by atoms with E-state index in [9.17, 15) is 0 Å². The molecule has 1 aliphatic heterocycles. The van der Waals surface area contributed by atoms with Gasteiger partial charge in [0.2, 0.25) is 0 Å². The van der Waals surface area contributed by atoms with Crippen LogP contribution in [-0.2, 0) is 0 Å². The zero-order chi connectivity index (χ0) is 15.1. The molecule has 0 aromatic heterocycles. The maximum atomic E-state index is 8.62. The molecule has 116 valence electrons. The molecule has 0 radical (unpaired) electrons. The highest BCUT2D eigenvalue weighted by molar-refractivity contribution is 5.97. The van der Waals surface area contributed by atoms with E-state index in [1.165, 1.54) is 32.2 Å². The Bertz CT molecular complexity index is 459. The van der Waals surface area contributed by atoms with Crippen LogP contribution in [0.25, 0.3) is 0 Å². The molecule has 0 spiro atoms. The van der Waals surface area contributed by atoms with Crippen LogP contribution in [0.4, 0.5) is 0 Å². The van der Waals surface area contributed by atoms with Crippen LogP contribution in [0.3, 0.4) is 0 Å². The number of benzene rings is 1. The number of amidine groups is 1. The van der Waals surface area contributed by atoms with Crippen LogP contribution in [0.1, 0.15) is 38.2 Å². The van der Waals surface area contributed by atoms with Crippen molar-refractivity contribution in [3.63, 3.8) is 0 Å². The summed E-state index contributed by atoms with van der Waals surface area (Å²) in [5.41, 5.74) is 6.21. The van der Waals surface area contributed by atoms with Crippen LogP contribution in [0, 0.1) is 0 Å². The molecule has 21 heavy (non-hydrogen) atoms. The molecule has 1 fully saturated rings. The minimum absolute atomic E-state index is 0.111. The highest BCUT2D eigenvalue weighted by Crippen LogP contribution is 2.16. The fourth-order valence-corrected chi connectivity index (χ4v) is 2.73. The summed E-state index contributed by atoms with van der Waals surface area (Å²) in [6, 6.07) is 7.93. The predicted molar refractivity (Wildman–Crippen MR) is 84.0 cm³/mol. The van der Waals surface area contributed by atoms with E-state index in [2.05, 4.69) is 17.0 Å². The van der Waals surface area contributed by atoms with Crippen LogP contribution >= 0.6 is 0 Å². The number of nitrogens with zero attached hydrogens (tertiary/aromatic N) is 2. The van der Waals surface area contributed by atoms with E-state index < -0.39 is 0 Å². The lowest BCUT2D eigenvalue weighted by Gasteiger charge is -2.26. The zero-order valence-corrected chi connectivity index (χ0v) is 12.7. The van der Waals surface area contributed by atoms with E-state index in [0.717, 1.165) is 12.3 Å². The molecule has 1 heterocycles. The summed E-state index contributed by atoms with van der Waals surface area (Å²) in [5.74, 6) is 0.923. The minimum atomic E-state index is 0.111. The van der Waals surface area contributed by atoms with Gasteiger partial charge in [0.05, 0.1) is 0 Å². The smallest absolute Gasteiger partial charge is 0.170 e. The van der Waals surface area contributed by atoms with Gasteiger partial charge in [0.1, 0.15) is 12.4 Å². The number of hydrogen-bond acceptors (Lipinski definition) is 4. The van der Waals surface area contributed by atoms with E-state index in [-0.39, 0.29) is 5.84 Å². The summed E-state index contributed by atoms with van der Waals surface area (Å²) >= 11 is 0. The number of hydrogen-bond donors (Lipinski definition) is 2. The summed E-state index contributed by atoms with van der Waals surface area (Å²) < 4.78 is 5.78. The third kappa shape index (κ3) is 4.63. The molecule has 0 amide bonds. The number of nitrogens with two attached hydrogens (primary N) is 1. The molecule has 1 aliphatic rings. The first-order valence-corrected chi connectivity index (χ1v) is 7.65. The van der Waals surface area contributed by atoms with Gasteiger partial charge in [-0.1, -0.05) is 18.0 Å². The summed E-state index contributed by atoms with van der Waals surface area (Å²) in [7, 11) is 0. The molecule has 0 aliphatic carbocycles. The summed E-state index contributed by atoms with van der Waals surface area (Å²) in [6.07, 6.45) is 5.26. The summed E-state index contributed by atoms with van der Waals surface area (Å²) in [4.78, 5) is 2.51. The Morgan fingerprint density at radius 1 is 1.33 bits per heavy atom. The van der Waals surface area contributed by atoms with E-state index in [4.69, 9.17) is 15.7 Å². The van der Waals surface area contributed by atoms with Crippen LogP contribution in [-0.4, -0.2) is 41.7 Å². The number of oxime groups is 1. The summed E-state index contributed by atoms with van der Waals surface area (Å²) in [5, 5.41) is 11.6. The highest BCUT2D eigenvalue weighted by atomic mass is 16.5. The Labute approximate surface area is 126 Å². The van der Waals surface area contributed by atoms with Crippen molar-refractivity contribution in [1.82, 2.24) is 4.90 Å². The second-order valence-electron chi connectivity index (χ2n) is 5.59. The first kappa shape index (κ1) is 15.6. The van der Waals surface area contributed by atoms with Gasteiger partial charge in [-0.3, -0.25) is 4.90 Å². The Balaban J connectivity index is 1.80. The van der Waals surface area contributed by atoms with Crippen molar-refractivity contribution in [3.8, 4) is 5.75 Å². The van der Waals surface area contributed by atoms with E-state index in [0.29, 0.717) is 18.2 Å². The molecular weight excluding hydrogens is 266 g/mol. The lowest BCUT2D eigenvalue weighted by molar-refractivity contribution is 0.171. The number of rotatable bonds is 5. The Hall–Kier alpha value is -1.75. The third-order valence-electron chi connectivity index (χ3n) is 4.10. The van der Waals surface area contributed by atoms with Crippen molar-refractivity contribution in [2.24, 2.45) is 10.9 Å². The van der Waals surface area contributed by atoms with Gasteiger partial charge in [-0.25, -0.2) is 0 Å². The topological polar surface area (TPSA) is 71.1 Å². The molecule has 3 N–H and O–H groups in total. The van der Waals surface area contributed by atoms with Crippen molar-refractivity contribution in [3.05, 3.63) is 29.8 Å². The average molecular weight is 291 g/mol. The van der Waals surface area contributed by atoms with Crippen molar-refractivity contribution in [1.29, 1.82) is 0 Å². The molecule has 5 heteroatoms. The van der Waals surface area contributed by atoms with Gasteiger partial charge in [0, 0.05) is 18.2 Å². The molecule has 1 unspecified atom stereocenters. The molecular formula is C16H25N3O2. The lowest BCUT2D eigenvalue weighted by atomic mass is 10.1. The lowest BCUT2D eigenvalue weighted by Crippen LogP contribution is -2.35. The molecule has 1 aromatic carbocycles. The van der Waals surface area contributed by atoms with Gasteiger partial charge >= 0.3 is 0 Å². The van der Waals surface area contributed by atoms with E-state index in [1.807, 2.05) is 12.1 Å². The average Bonchev–Trinajstić information content (AvgIpc) is 2.72. The maximum absolute atomic E-state index is 8.62. The molecule has 0 saturated carbocycles. The zero-order valence-electron chi connectivity index (χ0n) is 12.7. The van der Waals surface area contributed by atoms with Crippen molar-refractivity contribution >= 4 is 5.84 Å². The Kier molecular flexibility index (Phi) is 5.87. The molecule has 5 nitrogen and oxygen atoms in total. The quantitative estimate of drug-likeness (QED) is 0.378. The van der Waals surface area contributed by atoms with Crippen molar-refractivity contribution in [2.75, 3.05) is 19.7 Å². The molecule has 0 bridgehead atoms. The van der Waals surface area contributed by atoms with Gasteiger partial charge in [-0.2, -0.15) is 0 Å². The second kappa shape index (κ2) is 7.88. The normalized spacial score (nSPS) is 21.0. The molecule has 1 saturated heterocycles. The first-order valence-electron chi connectivity index (χ1n) is 7.65. The second-order valence-corrected chi connectivity index (χ2v) is 5.59. The highest BCUT2D eigenvalue weighted by Gasteiger charge is 2.16. The van der Waals surface area contributed by atoms with Crippen LogP contribution in [0.15, 0.2) is 29.4 Å². The first-order chi connectivity index (χ1) is 10.2. The monoisotopic (exact) mass is 291 g/mol. The van der Waals surface area contributed by atoms with Crippen LogP contribution < -0.4 is 10.5 Å². The third-order valence-corrected chi connectivity index (χ3v) is 4.10. The van der Waals surface area contributed by atoms with Crippen molar-refractivity contribution in [2.45, 2.75) is 38.6 Å². The molecule has 2 rings (SSSR count). The molecule has 1 aromatic rings. The predicted octanol–water partition coefficient (Wildman–Crippen LogP) is 2.42. The Morgan fingerprint density at radius 2 is 2.10 bits per heavy atom. The standard InChI is InChI=1S/C16H25N3O2/c1-13-5-3-2-4-10-19(13)11-12-21-15-8-6-14(7-9-15)16(17)18-20/h6-9,13,20H,2-5,10-12H2,1H3,(H2,17,18). The van der Waals surface area contributed by atoms with Gasteiger partial charge in [0.25, 0.3) is 0 Å². The molecule has 1 atom stereocenters. The maximum Gasteiger partial charge on any atom is 0.170 e. The number of ether oxygens (including phenoxy) is 1. The SMILES string of the molecule is CC1CCCCCN1CCOc1ccc(C(N)=NO)cc1. The minimum Gasteiger partial charge on any atom is -0.492 e. The van der Waals surface area contributed by atoms with Gasteiger partial charge in [-0.05, 0) is 50.6 Å². The largest absolute Gasteiger partial charge is 0.492 e.